The summed E-state index contributed by atoms with van der Waals surface area (Å²) in [6.07, 6.45) is 2.51. The zero-order valence-corrected chi connectivity index (χ0v) is 9.04. The van der Waals surface area contributed by atoms with Crippen molar-refractivity contribution in [3.63, 3.8) is 0 Å². The Morgan fingerprint density at radius 3 is 2.79 bits per heavy atom. The number of hydrogen-bond acceptors (Lipinski definition) is 3. The second kappa shape index (κ2) is 4.82. The van der Waals surface area contributed by atoms with E-state index >= 15 is 0 Å². The largest absolute Gasteiger partial charge is 0.269 e. The standard InChI is InChI=1S/C11H16N2S/c12-13-8-4-7-11(9-13)14-10-5-2-1-3-6-10/h1-3,5-6,11H,4,7-9,12H2. The lowest BCUT2D eigenvalue weighted by atomic mass is 10.1. The van der Waals surface area contributed by atoms with E-state index in [2.05, 4.69) is 30.3 Å². The Balaban J connectivity index is 1.91. The molecule has 1 heterocycles. The Hall–Kier alpha value is -0.510. The maximum atomic E-state index is 5.80. The van der Waals surface area contributed by atoms with Crippen LogP contribution in [0.4, 0.5) is 0 Å². The summed E-state index contributed by atoms with van der Waals surface area (Å²) in [5.74, 6) is 5.80. The number of rotatable bonds is 2. The summed E-state index contributed by atoms with van der Waals surface area (Å²) in [5.41, 5.74) is 0. The number of hydrazine groups is 1. The van der Waals surface area contributed by atoms with Gasteiger partial charge >= 0.3 is 0 Å². The van der Waals surface area contributed by atoms with E-state index < -0.39 is 0 Å². The maximum Gasteiger partial charge on any atom is 0.0251 e. The highest BCUT2D eigenvalue weighted by Crippen LogP contribution is 2.28. The Morgan fingerprint density at radius 1 is 1.29 bits per heavy atom. The van der Waals surface area contributed by atoms with Crippen LogP contribution in [-0.4, -0.2) is 23.3 Å². The summed E-state index contributed by atoms with van der Waals surface area (Å²) < 4.78 is 0. The van der Waals surface area contributed by atoms with Crippen molar-refractivity contribution in [1.82, 2.24) is 5.01 Å². The van der Waals surface area contributed by atoms with Gasteiger partial charge in [-0.3, -0.25) is 5.84 Å². The van der Waals surface area contributed by atoms with Gasteiger partial charge in [-0.15, -0.1) is 11.8 Å². The van der Waals surface area contributed by atoms with E-state index in [1.165, 1.54) is 17.7 Å². The van der Waals surface area contributed by atoms with Crippen LogP contribution in [-0.2, 0) is 0 Å². The Morgan fingerprint density at radius 2 is 2.07 bits per heavy atom. The average Bonchev–Trinajstić information content (AvgIpc) is 2.19. The van der Waals surface area contributed by atoms with Crippen LogP contribution in [0.3, 0.4) is 0 Å². The molecule has 1 unspecified atom stereocenters. The fourth-order valence-corrected chi connectivity index (χ4v) is 3.00. The van der Waals surface area contributed by atoms with Crippen LogP contribution in [0.2, 0.25) is 0 Å². The molecule has 1 aliphatic rings. The summed E-state index contributed by atoms with van der Waals surface area (Å²) >= 11 is 1.95. The first kappa shape index (κ1) is 10.0. The van der Waals surface area contributed by atoms with Gasteiger partial charge in [-0.05, 0) is 25.0 Å². The predicted molar refractivity (Wildman–Crippen MR) is 61.1 cm³/mol. The highest BCUT2D eigenvalue weighted by molar-refractivity contribution is 8.00. The molecule has 1 aliphatic heterocycles. The van der Waals surface area contributed by atoms with Gasteiger partial charge in [-0.25, -0.2) is 5.01 Å². The zero-order valence-electron chi connectivity index (χ0n) is 8.23. The van der Waals surface area contributed by atoms with Crippen molar-refractivity contribution in [3.05, 3.63) is 30.3 Å². The summed E-state index contributed by atoms with van der Waals surface area (Å²) in [5, 5.41) is 2.60. The lowest BCUT2D eigenvalue weighted by Gasteiger charge is -2.28. The predicted octanol–water partition coefficient (Wildman–Crippen LogP) is 2.12. The molecule has 2 nitrogen and oxygen atoms in total. The average molecular weight is 208 g/mol. The van der Waals surface area contributed by atoms with Crippen molar-refractivity contribution >= 4 is 11.8 Å². The topological polar surface area (TPSA) is 29.3 Å². The zero-order chi connectivity index (χ0) is 9.80. The first-order valence-corrected chi connectivity index (χ1v) is 5.94. The fraction of sp³-hybridized carbons (Fsp3) is 0.455. The normalized spacial score (nSPS) is 23.6. The molecule has 2 N–H and O–H groups in total. The summed E-state index contributed by atoms with van der Waals surface area (Å²) in [7, 11) is 0. The minimum Gasteiger partial charge on any atom is -0.269 e. The van der Waals surface area contributed by atoms with Crippen LogP contribution in [0.15, 0.2) is 35.2 Å². The molecule has 0 amide bonds. The van der Waals surface area contributed by atoms with Gasteiger partial charge in [0.1, 0.15) is 0 Å². The second-order valence-corrected chi connectivity index (χ2v) is 5.06. The SMILES string of the molecule is NN1CCCC(Sc2ccccc2)C1. The van der Waals surface area contributed by atoms with Gasteiger partial charge in [0, 0.05) is 23.2 Å². The van der Waals surface area contributed by atoms with Crippen molar-refractivity contribution in [1.29, 1.82) is 0 Å². The van der Waals surface area contributed by atoms with Gasteiger partial charge in [-0.1, -0.05) is 18.2 Å². The minimum atomic E-state index is 0.663. The van der Waals surface area contributed by atoms with Crippen LogP contribution in [0.5, 0.6) is 0 Å². The van der Waals surface area contributed by atoms with E-state index in [-0.39, 0.29) is 0 Å². The lowest BCUT2D eigenvalue weighted by Crippen LogP contribution is -2.41. The molecule has 0 radical (unpaired) electrons. The van der Waals surface area contributed by atoms with Crippen molar-refractivity contribution in [3.8, 4) is 0 Å². The van der Waals surface area contributed by atoms with Crippen molar-refractivity contribution in [2.75, 3.05) is 13.1 Å². The molecule has 1 aromatic carbocycles. The maximum absolute atomic E-state index is 5.80. The number of piperidine rings is 1. The fourth-order valence-electron chi connectivity index (χ4n) is 1.75. The first-order chi connectivity index (χ1) is 6.84. The summed E-state index contributed by atoms with van der Waals surface area (Å²) in [6, 6.07) is 10.6. The molecule has 1 fully saturated rings. The minimum absolute atomic E-state index is 0.663. The van der Waals surface area contributed by atoms with E-state index in [0.29, 0.717) is 5.25 Å². The van der Waals surface area contributed by atoms with Crippen molar-refractivity contribution in [2.45, 2.75) is 23.0 Å². The van der Waals surface area contributed by atoms with E-state index in [1.54, 1.807) is 0 Å². The smallest absolute Gasteiger partial charge is 0.0251 e. The van der Waals surface area contributed by atoms with Crippen LogP contribution in [0, 0.1) is 0 Å². The van der Waals surface area contributed by atoms with E-state index in [9.17, 15) is 0 Å². The molecule has 14 heavy (non-hydrogen) atoms. The molecule has 0 aliphatic carbocycles. The Kier molecular flexibility index (Phi) is 3.45. The quantitative estimate of drug-likeness (QED) is 0.755. The Bertz CT molecular complexity index is 276. The van der Waals surface area contributed by atoms with Gasteiger partial charge in [0.25, 0.3) is 0 Å². The number of benzene rings is 1. The lowest BCUT2D eigenvalue weighted by molar-refractivity contribution is 0.240. The third-order valence-corrected chi connectivity index (χ3v) is 3.72. The van der Waals surface area contributed by atoms with Crippen LogP contribution < -0.4 is 5.84 Å². The molecule has 1 aromatic rings. The molecular weight excluding hydrogens is 192 g/mol. The molecule has 0 saturated carbocycles. The molecule has 1 saturated heterocycles. The molecule has 2 rings (SSSR count). The molecular formula is C11H16N2S. The molecule has 0 spiro atoms. The molecule has 0 aromatic heterocycles. The third kappa shape index (κ3) is 2.74. The van der Waals surface area contributed by atoms with Gasteiger partial charge < -0.3 is 0 Å². The number of nitrogens with zero attached hydrogens (tertiary/aromatic N) is 1. The molecule has 1 atom stereocenters. The van der Waals surface area contributed by atoms with E-state index in [1.807, 2.05) is 16.8 Å². The van der Waals surface area contributed by atoms with Crippen LogP contribution >= 0.6 is 11.8 Å². The second-order valence-electron chi connectivity index (χ2n) is 3.69. The van der Waals surface area contributed by atoms with Gasteiger partial charge in [-0.2, -0.15) is 0 Å². The summed E-state index contributed by atoms with van der Waals surface area (Å²) in [4.78, 5) is 1.35. The molecule has 76 valence electrons. The van der Waals surface area contributed by atoms with Gasteiger partial charge in [0.15, 0.2) is 0 Å². The first-order valence-electron chi connectivity index (χ1n) is 5.06. The van der Waals surface area contributed by atoms with Gasteiger partial charge in [0.2, 0.25) is 0 Å². The van der Waals surface area contributed by atoms with E-state index in [0.717, 1.165) is 13.1 Å². The molecule has 0 bridgehead atoms. The highest BCUT2D eigenvalue weighted by Gasteiger charge is 2.18. The highest BCUT2D eigenvalue weighted by atomic mass is 32.2. The van der Waals surface area contributed by atoms with E-state index in [4.69, 9.17) is 5.84 Å². The summed E-state index contributed by atoms with van der Waals surface area (Å²) in [6.45, 7) is 2.06. The monoisotopic (exact) mass is 208 g/mol. The van der Waals surface area contributed by atoms with Crippen molar-refractivity contribution in [2.24, 2.45) is 5.84 Å². The van der Waals surface area contributed by atoms with Crippen LogP contribution in [0.1, 0.15) is 12.8 Å². The Labute approximate surface area is 89.4 Å². The number of hydrogen-bond donors (Lipinski definition) is 1. The third-order valence-electron chi connectivity index (χ3n) is 2.46. The number of nitrogens with two attached hydrogens (primary N) is 1. The van der Waals surface area contributed by atoms with Crippen molar-refractivity contribution < 1.29 is 0 Å². The van der Waals surface area contributed by atoms with Gasteiger partial charge in [0.05, 0.1) is 0 Å². The molecule has 3 heteroatoms. The van der Waals surface area contributed by atoms with Crippen LogP contribution in [0.25, 0.3) is 0 Å². The number of thioether (sulfide) groups is 1.